The van der Waals surface area contributed by atoms with Crippen molar-refractivity contribution in [3.8, 4) is 5.75 Å². The Bertz CT molecular complexity index is 663. The van der Waals surface area contributed by atoms with Gasteiger partial charge < -0.3 is 14.6 Å². The van der Waals surface area contributed by atoms with Crippen LogP contribution in [0.3, 0.4) is 0 Å². The molecule has 0 spiro atoms. The van der Waals surface area contributed by atoms with E-state index in [0.717, 1.165) is 18.6 Å². The fourth-order valence-corrected chi connectivity index (χ4v) is 2.53. The Labute approximate surface area is 123 Å². The standard InChI is InChI=1S/C16H18N2O3/c1-10-8-15(18-21-10)17-16(19)11(2)20-14-7-6-12-4-3-5-13(12)9-14/h6-9,11H,3-5H2,1-2H3,(H,17,18,19). The zero-order chi connectivity index (χ0) is 14.8. The van der Waals surface area contributed by atoms with Crippen molar-refractivity contribution in [3.05, 3.63) is 41.2 Å². The summed E-state index contributed by atoms with van der Waals surface area (Å²) in [6.07, 6.45) is 2.82. The lowest BCUT2D eigenvalue weighted by atomic mass is 10.1. The second kappa shape index (κ2) is 5.60. The third-order valence-corrected chi connectivity index (χ3v) is 3.63. The van der Waals surface area contributed by atoms with Gasteiger partial charge in [-0.25, -0.2) is 0 Å². The molecule has 1 N–H and O–H groups in total. The van der Waals surface area contributed by atoms with E-state index < -0.39 is 6.10 Å². The lowest BCUT2D eigenvalue weighted by molar-refractivity contribution is -0.122. The predicted octanol–water partition coefficient (Wildman–Crippen LogP) is 2.88. The number of aryl methyl sites for hydroxylation is 3. The number of fused-ring (bicyclic) bond motifs is 1. The fraction of sp³-hybridized carbons (Fsp3) is 0.375. The van der Waals surface area contributed by atoms with E-state index in [-0.39, 0.29) is 5.91 Å². The molecule has 1 atom stereocenters. The van der Waals surface area contributed by atoms with Crippen molar-refractivity contribution in [3.63, 3.8) is 0 Å². The molecule has 21 heavy (non-hydrogen) atoms. The topological polar surface area (TPSA) is 64.4 Å². The largest absolute Gasteiger partial charge is 0.481 e. The van der Waals surface area contributed by atoms with Crippen LogP contribution in [-0.4, -0.2) is 17.2 Å². The highest BCUT2D eigenvalue weighted by Crippen LogP contribution is 2.26. The monoisotopic (exact) mass is 286 g/mol. The first-order valence-electron chi connectivity index (χ1n) is 7.14. The lowest BCUT2D eigenvalue weighted by Crippen LogP contribution is -2.30. The van der Waals surface area contributed by atoms with Crippen LogP contribution in [0.15, 0.2) is 28.8 Å². The van der Waals surface area contributed by atoms with Crippen molar-refractivity contribution in [1.29, 1.82) is 0 Å². The number of aromatic nitrogens is 1. The zero-order valence-corrected chi connectivity index (χ0v) is 12.2. The van der Waals surface area contributed by atoms with Gasteiger partial charge in [0.05, 0.1) is 0 Å². The summed E-state index contributed by atoms with van der Waals surface area (Å²) in [7, 11) is 0. The number of hydrogen-bond acceptors (Lipinski definition) is 4. The third kappa shape index (κ3) is 3.07. The molecule has 1 aromatic heterocycles. The number of hydrogen-bond donors (Lipinski definition) is 1. The number of ether oxygens (including phenoxy) is 1. The summed E-state index contributed by atoms with van der Waals surface area (Å²) >= 11 is 0. The van der Waals surface area contributed by atoms with Crippen LogP contribution in [0.2, 0.25) is 0 Å². The molecule has 3 rings (SSSR count). The highest BCUT2D eigenvalue weighted by molar-refractivity contribution is 5.93. The Morgan fingerprint density at radius 3 is 2.90 bits per heavy atom. The summed E-state index contributed by atoms with van der Waals surface area (Å²) in [6.45, 7) is 3.49. The molecule has 5 nitrogen and oxygen atoms in total. The maximum Gasteiger partial charge on any atom is 0.266 e. The summed E-state index contributed by atoms with van der Waals surface area (Å²) in [6, 6.07) is 7.71. The Morgan fingerprint density at radius 2 is 2.14 bits per heavy atom. The molecule has 5 heteroatoms. The number of rotatable bonds is 4. The summed E-state index contributed by atoms with van der Waals surface area (Å²) < 4.78 is 10.6. The van der Waals surface area contributed by atoms with Crippen molar-refractivity contribution in [2.24, 2.45) is 0 Å². The highest BCUT2D eigenvalue weighted by Gasteiger charge is 2.18. The zero-order valence-electron chi connectivity index (χ0n) is 12.2. The summed E-state index contributed by atoms with van der Waals surface area (Å²) in [5.41, 5.74) is 2.71. The van der Waals surface area contributed by atoms with Gasteiger partial charge in [-0.1, -0.05) is 11.2 Å². The van der Waals surface area contributed by atoms with Crippen LogP contribution in [0.4, 0.5) is 5.82 Å². The van der Waals surface area contributed by atoms with E-state index in [0.29, 0.717) is 11.6 Å². The van der Waals surface area contributed by atoms with Gasteiger partial charge in [0.15, 0.2) is 11.9 Å². The maximum absolute atomic E-state index is 12.0. The second-order valence-corrected chi connectivity index (χ2v) is 5.36. The minimum absolute atomic E-state index is 0.246. The average Bonchev–Trinajstić information content (AvgIpc) is 3.07. The molecular formula is C16H18N2O3. The van der Waals surface area contributed by atoms with Gasteiger partial charge in [-0.15, -0.1) is 0 Å². The molecule has 0 fully saturated rings. The van der Waals surface area contributed by atoms with Gasteiger partial charge in [0.2, 0.25) is 0 Å². The van der Waals surface area contributed by atoms with E-state index in [2.05, 4.69) is 16.5 Å². The summed E-state index contributed by atoms with van der Waals surface area (Å²) in [5, 5.41) is 6.40. The van der Waals surface area contributed by atoms with Gasteiger partial charge in [-0.3, -0.25) is 4.79 Å². The smallest absolute Gasteiger partial charge is 0.266 e. The van der Waals surface area contributed by atoms with Gasteiger partial charge in [0.25, 0.3) is 5.91 Å². The number of carbonyl (C=O) groups is 1. The first-order chi connectivity index (χ1) is 10.1. The van der Waals surface area contributed by atoms with Gasteiger partial charge >= 0.3 is 0 Å². The van der Waals surface area contributed by atoms with E-state index in [4.69, 9.17) is 9.26 Å². The van der Waals surface area contributed by atoms with E-state index in [1.807, 2.05) is 12.1 Å². The average molecular weight is 286 g/mol. The van der Waals surface area contributed by atoms with Crippen LogP contribution in [0.25, 0.3) is 0 Å². The van der Waals surface area contributed by atoms with Gasteiger partial charge in [0, 0.05) is 6.07 Å². The maximum atomic E-state index is 12.0. The van der Waals surface area contributed by atoms with Crippen LogP contribution >= 0.6 is 0 Å². The number of nitrogens with zero attached hydrogens (tertiary/aromatic N) is 1. The molecule has 0 saturated heterocycles. The fourth-order valence-electron chi connectivity index (χ4n) is 2.53. The highest BCUT2D eigenvalue weighted by atomic mass is 16.5. The van der Waals surface area contributed by atoms with E-state index in [1.54, 1.807) is 19.9 Å². The molecule has 0 saturated carbocycles. The van der Waals surface area contributed by atoms with Crippen molar-refractivity contribution in [1.82, 2.24) is 5.16 Å². The Morgan fingerprint density at radius 1 is 1.33 bits per heavy atom. The van der Waals surface area contributed by atoms with Crippen LogP contribution in [0, 0.1) is 6.92 Å². The Kier molecular flexibility index (Phi) is 3.64. The molecule has 0 aliphatic heterocycles. The molecule has 1 aliphatic carbocycles. The van der Waals surface area contributed by atoms with Crippen LogP contribution in [0.1, 0.15) is 30.2 Å². The SMILES string of the molecule is Cc1cc(NC(=O)C(C)Oc2ccc3c(c2)CCC3)no1. The predicted molar refractivity (Wildman–Crippen MR) is 78.4 cm³/mol. The van der Waals surface area contributed by atoms with Gasteiger partial charge in [-0.2, -0.15) is 0 Å². The molecule has 110 valence electrons. The number of carbonyl (C=O) groups excluding carboxylic acids is 1. The van der Waals surface area contributed by atoms with E-state index in [1.165, 1.54) is 17.5 Å². The number of amides is 1. The van der Waals surface area contributed by atoms with Crippen molar-refractivity contribution < 1.29 is 14.1 Å². The molecule has 1 heterocycles. The molecule has 0 bridgehead atoms. The molecule has 2 aromatic rings. The van der Waals surface area contributed by atoms with Crippen molar-refractivity contribution in [2.45, 2.75) is 39.2 Å². The minimum Gasteiger partial charge on any atom is -0.481 e. The molecule has 0 radical (unpaired) electrons. The van der Waals surface area contributed by atoms with Crippen molar-refractivity contribution in [2.75, 3.05) is 5.32 Å². The third-order valence-electron chi connectivity index (χ3n) is 3.63. The molecule has 1 unspecified atom stereocenters. The first-order valence-corrected chi connectivity index (χ1v) is 7.14. The molecule has 1 amide bonds. The summed E-state index contributed by atoms with van der Waals surface area (Å²) in [5.74, 6) is 1.54. The summed E-state index contributed by atoms with van der Waals surface area (Å²) in [4.78, 5) is 12.0. The van der Waals surface area contributed by atoms with Crippen LogP contribution in [-0.2, 0) is 17.6 Å². The lowest BCUT2D eigenvalue weighted by Gasteiger charge is -2.14. The molecule has 1 aromatic carbocycles. The Hall–Kier alpha value is -2.30. The van der Waals surface area contributed by atoms with E-state index >= 15 is 0 Å². The van der Waals surface area contributed by atoms with E-state index in [9.17, 15) is 4.79 Å². The van der Waals surface area contributed by atoms with Crippen LogP contribution < -0.4 is 10.1 Å². The number of nitrogens with one attached hydrogen (secondary N) is 1. The normalized spacial score (nSPS) is 14.6. The number of benzene rings is 1. The van der Waals surface area contributed by atoms with Crippen LogP contribution in [0.5, 0.6) is 5.75 Å². The second-order valence-electron chi connectivity index (χ2n) is 5.36. The first kappa shape index (κ1) is 13.7. The Balaban J connectivity index is 1.62. The van der Waals surface area contributed by atoms with Crippen molar-refractivity contribution >= 4 is 11.7 Å². The quantitative estimate of drug-likeness (QED) is 0.938. The van der Waals surface area contributed by atoms with Gasteiger partial charge in [0.1, 0.15) is 11.5 Å². The minimum atomic E-state index is -0.596. The molecule has 1 aliphatic rings. The molecular weight excluding hydrogens is 268 g/mol. The number of anilines is 1. The van der Waals surface area contributed by atoms with Gasteiger partial charge in [-0.05, 0) is 56.4 Å².